The number of hydrogen-bond donors (Lipinski definition) is 1. The minimum atomic E-state index is -0.0926. The molecular weight excluding hydrogens is 360 g/mol. The summed E-state index contributed by atoms with van der Waals surface area (Å²) in [5.41, 5.74) is 0.910. The standard InChI is InChI=1S/C21H24N2O3S/c1-2-25-20(24)16-12-14-23(15-13-16)21(27)22-17-8-10-19(11-9-17)26-18-6-4-3-5-7-18/h3-11,16H,2,12-15H2,1H3,(H,22,27). The number of anilines is 1. The van der Waals surface area contributed by atoms with Crippen LogP contribution in [-0.2, 0) is 9.53 Å². The fourth-order valence-electron chi connectivity index (χ4n) is 3.01. The summed E-state index contributed by atoms with van der Waals surface area (Å²) < 4.78 is 10.9. The lowest BCUT2D eigenvalue weighted by Crippen LogP contribution is -2.42. The van der Waals surface area contributed by atoms with Gasteiger partial charge in [-0.25, -0.2) is 0 Å². The number of ether oxygens (including phenoxy) is 2. The Bertz CT molecular complexity index is 757. The monoisotopic (exact) mass is 384 g/mol. The van der Waals surface area contributed by atoms with Gasteiger partial charge in [0.1, 0.15) is 11.5 Å². The van der Waals surface area contributed by atoms with Crippen LogP contribution < -0.4 is 10.1 Å². The smallest absolute Gasteiger partial charge is 0.309 e. The quantitative estimate of drug-likeness (QED) is 0.607. The van der Waals surface area contributed by atoms with E-state index in [0.29, 0.717) is 11.7 Å². The number of nitrogens with one attached hydrogen (secondary N) is 1. The predicted molar refractivity (Wildman–Crippen MR) is 110 cm³/mol. The van der Waals surface area contributed by atoms with Crippen molar-refractivity contribution in [1.29, 1.82) is 0 Å². The van der Waals surface area contributed by atoms with Crippen LogP contribution in [0.3, 0.4) is 0 Å². The molecule has 2 aromatic rings. The number of hydrogen-bond acceptors (Lipinski definition) is 4. The van der Waals surface area contributed by atoms with Gasteiger partial charge in [-0.1, -0.05) is 18.2 Å². The number of nitrogens with zero attached hydrogens (tertiary/aromatic N) is 1. The highest BCUT2D eigenvalue weighted by Crippen LogP contribution is 2.24. The summed E-state index contributed by atoms with van der Waals surface area (Å²) in [6, 6.07) is 17.4. The molecule has 0 amide bonds. The largest absolute Gasteiger partial charge is 0.466 e. The summed E-state index contributed by atoms with van der Waals surface area (Å²) in [6.45, 7) is 3.78. The second kappa shape index (κ2) is 9.37. The molecule has 2 aromatic carbocycles. The summed E-state index contributed by atoms with van der Waals surface area (Å²) in [6.07, 6.45) is 1.54. The lowest BCUT2D eigenvalue weighted by molar-refractivity contribution is -0.149. The van der Waals surface area contributed by atoms with Crippen LogP contribution in [0.4, 0.5) is 5.69 Å². The Morgan fingerprint density at radius 3 is 2.33 bits per heavy atom. The molecule has 0 saturated carbocycles. The molecule has 1 aliphatic heterocycles. The number of para-hydroxylation sites is 1. The first kappa shape index (κ1) is 19.2. The number of thiocarbonyl (C=S) groups is 1. The van der Waals surface area contributed by atoms with Crippen LogP contribution in [0.25, 0.3) is 0 Å². The fourth-order valence-corrected chi connectivity index (χ4v) is 3.31. The van der Waals surface area contributed by atoms with E-state index in [9.17, 15) is 4.79 Å². The average Bonchev–Trinajstić information content (AvgIpc) is 2.70. The first-order chi connectivity index (χ1) is 13.2. The molecule has 1 saturated heterocycles. The number of benzene rings is 2. The first-order valence-electron chi connectivity index (χ1n) is 9.21. The zero-order valence-electron chi connectivity index (χ0n) is 15.4. The minimum Gasteiger partial charge on any atom is -0.466 e. The molecule has 0 spiro atoms. The van der Waals surface area contributed by atoms with Gasteiger partial charge in [-0.15, -0.1) is 0 Å². The maximum absolute atomic E-state index is 11.8. The van der Waals surface area contributed by atoms with Gasteiger partial charge in [0, 0.05) is 18.8 Å². The second-order valence-electron chi connectivity index (χ2n) is 6.38. The van der Waals surface area contributed by atoms with E-state index in [-0.39, 0.29) is 11.9 Å². The minimum absolute atomic E-state index is 0.0154. The number of likely N-dealkylation sites (tertiary alicyclic amines) is 1. The molecule has 5 nitrogen and oxygen atoms in total. The van der Waals surface area contributed by atoms with Gasteiger partial charge in [0.05, 0.1) is 12.5 Å². The van der Waals surface area contributed by atoms with Gasteiger partial charge in [0.15, 0.2) is 5.11 Å². The Kier molecular flexibility index (Phi) is 6.65. The maximum atomic E-state index is 11.8. The van der Waals surface area contributed by atoms with Gasteiger partial charge in [0.2, 0.25) is 0 Å². The van der Waals surface area contributed by atoms with Crippen LogP contribution >= 0.6 is 12.2 Å². The summed E-state index contributed by atoms with van der Waals surface area (Å²) in [4.78, 5) is 13.9. The predicted octanol–water partition coefficient (Wildman–Crippen LogP) is 4.45. The van der Waals surface area contributed by atoms with Crippen LogP contribution in [0.15, 0.2) is 54.6 Å². The third-order valence-corrected chi connectivity index (χ3v) is 4.85. The van der Waals surface area contributed by atoms with E-state index in [2.05, 4.69) is 10.2 Å². The molecular formula is C21H24N2O3S. The molecule has 0 atom stereocenters. The van der Waals surface area contributed by atoms with Crippen molar-refractivity contribution in [3.63, 3.8) is 0 Å². The molecule has 1 heterocycles. The molecule has 0 aromatic heterocycles. The van der Waals surface area contributed by atoms with Crippen molar-refractivity contribution >= 4 is 29.0 Å². The lowest BCUT2D eigenvalue weighted by Gasteiger charge is -2.32. The van der Waals surface area contributed by atoms with Crippen molar-refractivity contribution in [3.05, 3.63) is 54.6 Å². The van der Waals surface area contributed by atoms with Crippen LogP contribution in [0.5, 0.6) is 11.5 Å². The molecule has 3 rings (SSSR count). The van der Waals surface area contributed by atoms with Crippen LogP contribution in [0.2, 0.25) is 0 Å². The highest BCUT2D eigenvalue weighted by Gasteiger charge is 2.26. The molecule has 142 valence electrons. The Hall–Kier alpha value is -2.60. The van der Waals surface area contributed by atoms with Crippen LogP contribution in [0, 0.1) is 5.92 Å². The van der Waals surface area contributed by atoms with E-state index < -0.39 is 0 Å². The van der Waals surface area contributed by atoms with Gasteiger partial charge in [-0.2, -0.15) is 0 Å². The van der Waals surface area contributed by atoms with Gasteiger partial charge in [-0.3, -0.25) is 4.79 Å². The number of esters is 1. The van der Waals surface area contributed by atoms with E-state index in [1.54, 1.807) is 0 Å². The average molecular weight is 385 g/mol. The molecule has 0 aliphatic carbocycles. The Labute approximate surface area is 165 Å². The third-order valence-electron chi connectivity index (χ3n) is 4.49. The number of piperidine rings is 1. The third kappa shape index (κ3) is 5.44. The topological polar surface area (TPSA) is 50.8 Å². The lowest BCUT2D eigenvalue weighted by atomic mass is 9.97. The van der Waals surface area contributed by atoms with Crippen LogP contribution in [0.1, 0.15) is 19.8 Å². The van der Waals surface area contributed by atoms with Gasteiger partial charge < -0.3 is 19.7 Å². The molecule has 0 radical (unpaired) electrons. The molecule has 1 N–H and O–H groups in total. The molecule has 6 heteroatoms. The summed E-state index contributed by atoms with van der Waals surface area (Å²) in [5.74, 6) is 1.47. The second-order valence-corrected chi connectivity index (χ2v) is 6.77. The van der Waals surface area contributed by atoms with Crippen molar-refractivity contribution in [2.24, 2.45) is 5.92 Å². The first-order valence-corrected chi connectivity index (χ1v) is 9.62. The molecule has 0 unspecified atom stereocenters. The van der Waals surface area contributed by atoms with Gasteiger partial charge in [0.25, 0.3) is 0 Å². The summed E-state index contributed by atoms with van der Waals surface area (Å²) in [7, 11) is 0. The van der Waals surface area contributed by atoms with Gasteiger partial charge in [-0.05, 0) is 68.4 Å². The van der Waals surface area contributed by atoms with E-state index in [1.165, 1.54) is 0 Å². The van der Waals surface area contributed by atoms with Gasteiger partial charge >= 0.3 is 5.97 Å². The SMILES string of the molecule is CCOC(=O)C1CCN(C(=S)Nc2ccc(Oc3ccccc3)cc2)CC1. The van der Waals surface area contributed by atoms with Crippen molar-refractivity contribution in [3.8, 4) is 11.5 Å². The zero-order chi connectivity index (χ0) is 19.1. The number of carbonyl (C=O) groups is 1. The fraction of sp³-hybridized carbons (Fsp3) is 0.333. The molecule has 0 bridgehead atoms. The van der Waals surface area contributed by atoms with Crippen LogP contribution in [-0.4, -0.2) is 35.7 Å². The highest BCUT2D eigenvalue weighted by atomic mass is 32.1. The van der Waals surface area contributed by atoms with Crippen molar-refractivity contribution in [1.82, 2.24) is 4.90 Å². The van der Waals surface area contributed by atoms with Crippen molar-refractivity contribution in [2.75, 3.05) is 25.0 Å². The highest BCUT2D eigenvalue weighted by molar-refractivity contribution is 7.80. The Balaban J connectivity index is 1.49. The Morgan fingerprint density at radius 2 is 1.70 bits per heavy atom. The van der Waals surface area contributed by atoms with Crippen molar-refractivity contribution in [2.45, 2.75) is 19.8 Å². The maximum Gasteiger partial charge on any atom is 0.309 e. The summed E-state index contributed by atoms with van der Waals surface area (Å²) in [5, 5.41) is 3.93. The van der Waals surface area contributed by atoms with E-state index >= 15 is 0 Å². The molecule has 1 aliphatic rings. The molecule has 1 fully saturated rings. The normalized spacial score (nSPS) is 14.5. The molecule has 27 heavy (non-hydrogen) atoms. The number of carbonyl (C=O) groups excluding carboxylic acids is 1. The van der Waals surface area contributed by atoms with Crippen molar-refractivity contribution < 1.29 is 14.3 Å². The van der Waals surface area contributed by atoms with E-state index in [4.69, 9.17) is 21.7 Å². The van der Waals surface area contributed by atoms with E-state index in [0.717, 1.165) is 43.1 Å². The zero-order valence-corrected chi connectivity index (χ0v) is 16.2. The summed E-state index contributed by atoms with van der Waals surface area (Å²) >= 11 is 5.52. The van der Waals surface area contributed by atoms with E-state index in [1.807, 2.05) is 61.5 Å². The number of rotatable bonds is 5. The Morgan fingerprint density at radius 1 is 1.07 bits per heavy atom.